The number of aromatic nitrogens is 2. The summed E-state index contributed by atoms with van der Waals surface area (Å²) < 4.78 is 2.01. The molecule has 3 heteroatoms. The van der Waals surface area contributed by atoms with Crippen molar-refractivity contribution in [2.24, 2.45) is 7.05 Å². The Labute approximate surface area is 128 Å². The fourth-order valence-electron chi connectivity index (χ4n) is 2.93. The van der Waals surface area contributed by atoms with Crippen LogP contribution in [-0.4, -0.2) is 16.3 Å². The molecule has 0 aliphatic carbocycles. The van der Waals surface area contributed by atoms with Gasteiger partial charge in [0.05, 0.1) is 17.3 Å². The third-order valence-electron chi connectivity index (χ3n) is 4.10. The Kier molecular flexibility index (Phi) is 6.24. The fourth-order valence-corrected chi connectivity index (χ4v) is 2.93. The summed E-state index contributed by atoms with van der Waals surface area (Å²) in [4.78, 5) is 0. The lowest BCUT2D eigenvalue weighted by Gasteiger charge is -2.17. The molecule has 0 amide bonds. The predicted molar refractivity (Wildman–Crippen MR) is 90.5 cm³/mol. The predicted octanol–water partition coefficient (Wildman–Crippen LogP) is 4.58. The summed E-state index contributed by atoms with van der Waals surface area (Å²) in [5, 5.41) is 9.78. The van der Waals surface area contributed by atoms with Crippen molar-refractivity contribution in [2.45, 2.75) is 58.4 Å². The Morgan fingerprint density at radius 1 is 1.10 bits per heavy atom. The molecule has 1 heterocycles. The number of fused-ring (bicyclic) bond motifs is 1. The molecule has 1 N–H and O–H groups in total. The van der Waals surface area contributed by atoms with Gasteiger partial charge in [-0.05, 0) is 25.5 Å². The maximum Gasteiger partial charge on any atom is 0.0872 e. The number of hydrogen-bond acceptors (Lipinski definition) is 2. The van der Waals surface area contributed by atoms with E-state index in [0.717, 1.165) is 13.0 Å². The molecule has 1 aromatic heterocycles. The van der Waals surface area contributed by atoms with Crippen LogP contribution in [0.2, 0.25) is 0 Å². The van der Waals surface area contributed by atoms with Crippen molar-refractivity contribution in [2.75, 3.05) is 6.54 Å². The van der Waals surface area contributed by atoms with E-state index in [1.54, 1.807) is 0 Å². The van der Waals surface area contributed by atoms with E-state index >= 15 is 0 Å². The molecular weight excluding hydrogens is 258 g/mol. The first-order valence-corrected chi connectivity index (χ1v) is 8.43. The molecule has 1 aromatic carbocycles. The highest BCUT2D eigenvalue weighted by atomic mass is 15.3. The zero-order chi connectivity index (χ0) is 15.1. The van der Waals surface area contributed by atoms with Crippen LogP contribution in [0.25, 0.3) is 10.9 Å². The number of unbranched alkanes of at least 4 members (excludes halogenated alkanes) is 3. The van der Waals surface area contributed by atoms with Gasteiger partial charge in [0.1, 0.15) is 0 Å². The zero-order valence-electron chi connectivity index (χ0n) is 13.7. The first kappa shape index (κ1) is 16.0. The SMILES string of the molecule is CCCCCCC(NCCC)c1nn(C)c2ccccc12. The molecule has 0 fully saturated rings. The number of hydrogen-bond donors (Lipinski definition) is 1. The molecule has 2 aromatic rings. The number of nitrogens with zero attached hydrogens (tertiary/aromatic N) is 2. The van der Waals surface area contributed by atoms with Gasteiger partial charge in [-0.1, -0.05) is 57.7 Å². The third-order valence-corrected chi connectivity index (χ3v) is 4.10. The van der Waals surface area contributed by atoms with Gasteiger partial charge in [-0.2, -0.15) is 5.10 Å². The lowest BCUT2D eigenvalue weighted by molar-refractivity contribution is 0.460. The lowest BCUT2D eigenvalue weighted by Crippen LogP contribution is -2.23. The second kappa shape index (κ2) is 8.18. The van der Waals surface area contributed by atoms with Crippen molar-refractivity contribution < 1.29 is 0 Å². The van der Waals surface area contributed by atoms with Gasteiger partial charge in [0, 0.05) is 12.4 Å². The molecular formula is C18H29N3. The van der Waals surface area contributed by atoms with E-state index in [4.69, 9.17) is 5.10 Å². The minimum absolute atomic E-state index is 0.382. The molecule has 0 saturated carbocycles. The fraction of sp³-hybridized carbons (Fsp3) is 0.611. The number of rotatable bonds is 9. The van der Waals surface area contributed by atoms with Gasteiger partial charge in [0.2, 0.25) is 0 Å². The van der Waals surface area contributed by atoms with Crippen LogP contribution in [0.5, 0.6) is 0 Å². The number of aryl methyl sites for hydroxylation is 1. The molecule has 2 rings (SSSR count). The quantitative estimate of drug-likeness (QED) is 0.684. The van der Waals surface area contributed by atoms with E-state index in [9.17, 15) is 0 Å². The average molecular weight is 287 g/mol. The highest BCUT2D eigenvalue weighted by Gasteiger charge is 2.17. The van der Waals surface area contributed by atoms with Crippen LogP contribution in [0.1, 0.15) is 64.1 Å². The smallest absolute Gasteiger partial charge is 0.0872 e. The molecule has 0 saturated heterocycles. The Hall–Kier alpha value is -1.35. The normalized spacial score (nSPS) is 12.9. The van der Waals surface area contributed by atoms with Crippen molar-refractivity contribution in [1.29, 1.82) is 0 Å². The first-order chi connectivity index (χ1) is 10.3. The van der Waals surface area contributed by atoms with Gasteiger partial charge in [0.25, 0.3) is 0 Å². The van der Waals surface area contributed by atoms with Crippen LogP contribution in [0.3, 0.4) is 0 Å². The third kappa shape index (κ3) is 4.07. The second-order valence-electron chi connectivity index (χ2n) is 5.88. The van der Waals surface area contributed by atoms with Crippen LogP contribution < -0.4 is 5.32 Å². The van der Waals surface area contributed by atoms with E-state index in [0.29, 0.717) is 6.04 Å². The first-order valence-electron chi connectivity index (χ1n) is 8.43. The Morgan fingerprint density at radius 3 is 2.67 bits per heavy atom. The maximum atomic E-state index is 4.80. The van der Waals surface area contributed by atoms with Crippen LogP contribution >= 0.6 is 0 Å². The van der Waals surface area contributed by atoms with Crippen molar-refractivity contribution >= 4 is 10.9 Å². The monoisotopic (exact) mass is 287 g/mol. The summed E-state index contributed by atoms with van der Waals surface area (Å²) in [6, 6.07) is 8.93. The summed E-state index contributed by atoms with van der Waals surface area (Å²) in [5.41, 5.74) is 2.45. The molecule has 0 aliphatic rings. The summed E-state index contributed by atoms with van der Waals surface area (Å²) in [6.07, 6.45) is 7.58. The molecule has 0 spiro atoms. The molecule has 0 aliphatic heterocycles. The Balaban J connectivity index is 2.17. The number of para-hydroxylation sites is 1. The molecule has 116 valence electrons. The molecule has 21 heavy (non-hydrogen) atoms. The van der Waals surface area contributed by atoms with E-state index in [2.05, 4.69) is 43.4 Å². The van der Waals surface area contributed by atoms with Crippen molar-refractivity contribution in [3.05, 3.63) is 30.0 Å². The topological polar surface area (TPSA) is 29.9 Å². The molecule has 0 bridgehead atoms. The van der Waals surface area contributed by atoms with E-state index in [-0.39, 0.29) is 0 Å². The zero-order valence-corrected chi connectivity index (χ0v) is 13.7. The second-order valence-corrected chi connectivity index (χ2v) is 5.88. The maximum absolute atomic E-state index is 4.80. The van der Waals surface area contributed by atoms with Crippen LogP contribution in [0, 0.1) is 0 Å². The van der Waals surface area contributed by atoms with Crippen LogP contribution in [0.15, 0.2) is 24.3 Å². The molecule has 1 unspecified atom stereocenters. The van der Waals surface area contributed by atoms with Crippen molar-refractivity contribution in [3.63, 3.8) is 0 Å². The van der Waals surface area contributed by atoms with E-state index in [1.807, 2.05) is 11.7 Å². The van der Waals surface area contributed by atoms with Crippen LogP contribution in [-0.2, 0) is 7.05 Å². The summed E-state index contributed by atoms with van der Waals surface area (Å²) in [6.45, 7) is 5.54. The standard InChI is InChI=1S/C18H29N3/c1-4-6-7-8-12-16(19-14-5-2)18-15-11-9-10-13-17(15)21(3)20-18/h9-11,13,16,19H,4-8,12,14H2,1-3H3. The molecule has 3 nitrogen and oxygen atoms in total. The van der Waals surface area contributed by atoms with E-state index in [1.165, 1.54) is 48.7 Å². The average Bonchev–Trinajstić information content (AvgIpc) is 2.84. The minimum atomic E-state index is 0.382. The number of nitrogens with one attached hydrogen (secondary N) is 1. The van der Waals surface area contributed by atoms with Gasteiger partial charge in [-0.25, -0.2) is 0 Å². The van der Waals surface area contributed by atoms with Crippen molar-refractivity contribution in [3.8, 4) is 0 Å². The summed E-state index contributed by atoms with van der Waals surface area (Å²) in [5.74, 6) is 0. The largest absolute Gasteiger partial charge is 0.309 e. The van der Waals surface area contributed by atoms with Gasteiger partial charge in [0.15, 0.2) is 0 Å². The van der Waals surface area contributed by atoms with Gasteiger partial charge < -0.3 is 5.32 Å². The minimum Gasteiger partial charge on any atom is -0.309 e. The highest BCUT2D eigenvalue weighted by Crippen LogP contribution is 2.26. The van der Waals surface area contributed by atoms with E-state index < -0.39 is 0 Å². The number of benzene rings is 1. The van der Waals surface area contributed by atoms with Gasteiger partial charge in [-0.15, -0.1) is 0 Å². The summed E-state index contributed by atoms with van der Waals surface area (Å²) in [7, 11) is 2.04. The van der Waals surface area contributed by atoms with Gasteiger partial charge >= 0.3 is 0 Å². The van der Waals surface area contributed by atoms with Gasteiger partial charge in [-0.3, -0.25) is 4.68 Å². The molecule has 1 atom stereocenters. The molecule has 0 radical (unpaired) electrons. The summed E-state index contributed by atoms with van der Waals surface area (Å²) >= 11 is 0. The van der Waals surface area contributed by atoms with Crippen molar-refractivity contribution in [1.82, 2.24) is 15.1 Å². The van der Waals surface area contributed by atoms with Crippen LogP contribution in [0.4, 0.5) is 0 Å². The lowest BCUT2D eigenvalue weighted by atomic mass is 10.0. The Bertz CT molecular complexity index is 544. The Morgan fingerprint density at radius 2 is 1.90 bits per heavy atom. The highest BCUT2D eigenvalue weighted by molar-refractivity contribution is 5.82.